The van der Waals surface area contributed by atoms with Crippen molar-refractivity contribution in [2.45, 2.75) is 24.3 Å². The van der Waals surface area contributed by atoms with Crippen LogP contribution >= 0.6 is 11.8 Å². The van der Waals surface area contributed by atoms with Crippen LogP contribution in [0.5, 0.6) is 0 Å². The first kappa shape index (κ1) is 10.9. The van der Waals surface area contributed by atoms with E-state index in [4.69, 9.17) is 9.94 Å². The molecular formula is C8H12N2O3S. The summed E-state index contributed by atoms with van der Waals surface area (Å²) < 4.78 is 1.36. The highest BCUT2D eigenvalue weighted by Crippen LogP contribution is 2.21. The molecular weight excluding hydrogens is 204 g/mol. The molecule has 0 atom stereocenters. The zero-order valence-electron chi connectivity index (χ0n) is 8.22. The van der Waals surface area contributed by atoms with Crippen molar-refractivity contribution in [2.24, 2.45) is 0 Å². The second-order valence-corrected chi connectivity index (χ2v) is 4.43. The van der Waals surface area contributed by atoms with Crippen LogP contribution in [-0.2, 0) is 0 Å². The van der Waals surface area contributed by atoms with Crippen LogP contribution in [0, 0.1) is 0 Å². The van der Waals surface area contributed by atoms with E-state index in [2.05, 4.69) is 4.98 Å². The van der Waals surface area contributed by atoms with Crippen molar-refractivity contribution in [3.05, 3.63) is 11.9 Å². The highest BCUT2D eigenvalue weighted by molar-refractivity contribution is 7.99. The summed E-state index contributed by atoms with van der Waals surface area (Å²) in [5.74, 6) is -1.05. The molecule has 0 spiro atoms. The molecule has 5 nitrogen and oxygen atoms in total. The lowest BCUT2D eigenvalue weighted by Crippen LogP contribution is -2.06. The number of hydrogen-bond acceptors (Lipinski definition) is 4. The van der Waals surface area contributed by atoms with E-state index >= 15 is 0 Å². The second kappa shape index (κ2) is 4.36. The van der Waals surface area contributed by atoms with E-state index in [0.29, 0.717) is 10.4 Å². The van der Waals surface area contributed by atoms with Gasteiger partial charge in [-0.2, -0.15) is 4.73 Å². The molecule has 0 aliphatic carbocycles. The average Bonchev–Trinajstić information content (AvgIpc) is 2.46. The largest absolute Gasteiger partial charge is 0.476 e. The zero-order chi connectivity index (χ0) is 10.7. The van der Waals surface area contributed by atoms with Crippen molar-refractivity contribution < 1.29 is 14.7 Å². The van der Waals surface area contributed by atoms with Crippen molar-refractivity contribution in [2.75, 3.05) is 7.11 Å². The Morgan fingerprint density at radius 1 is 1.71 bits per heavy atom. The maximum absolute atomic E-state index is 10.6. The first-order chi connectivity index (χ1) is 6.54. The quantitative estimate of drug-likeness (QED) is 0.764. The Hall–Kier alpha value is -1.17. The van der Waals surface area contributed by atoms with Gasteiger partial charge in [0.1, 0.15) is 7.11 Å². The molecule has 1 rings (SSSR count). The first-order valence-electron chi connectivity index (χ1n) is 4.08. The van der Waals surface area contributed by atoms with E-state index in [1.807, 2.05) is 13.8 Å². The summed E-state index contributed by atoms with van der Waals surface area (Å²) in [4.78, 5) is 19.5. The van der Waals surface area contributed by atoms with E-state index in [0.717, 1.165) is 0 Å². The highest BCUT2D eigenvalue weighted by atomic mass is 32.2. The van der Waals surface area contributed by atoms with Crippen LogP contribution in [0.1, 0.15) is 24.3 Å². The van der Waals surface area contributed by atoms with Crippen LogP contribution in [0.2, 0.25) is 0 Å². The summed E-state index contributed by atoms with van der Waals surface area (Å²) in [5.41, 5.74) is -0.00463. The Labute approximate surface area is 86.0 Å². The van der Waals surface area contributed by atoms with Gasteiger partial charge in [0.05, 0.1) is 6.20 Å². The van der Waals surface area contributed by atoms with Crippen LogP contribution in [-0.4, -0.2) is 33.1 Å². The zero-order valence-corrected chi connectivity index (χ0v) is 9.04. The molecule has 1 N–H and O–H groups in total. The van der Waals surface area contributed by atoms with Crippen LogP contribution in [0.3, 0.4) is 0 Å². The standard InChI is InChI=1S/C8H12N2O3S/c1-5(2)14-8-9-6(7(11)12)4-10(8)13-3/h4-5H,1-3H3,(H,11,12). The normalized spacial score (nSPS) is 10.6. The molecule has 0 aliphatic rings. The first-order valence-corrected chi connectivity index (χ1v) is 4.96. The number of hydrogen-bond donors (Lipinski definition) is 1. The molecule has 6 heteroatoms. The lowest BCUT2D eigenvalue weighted by Gasteiger charge is -2.05. The minimum Gasteiger partial charge on any atom is -0.476 e. The molecule has 0 bridgehead atoms. The molecule has 0 unspecified atom stereocenters. The molecule has 0 saturated heterocycles. The fraction of sp³-hybridized carbons (Fsp3) is 0.500. The summed E-state index contributed by atoms with van der Waals surface area (Å²) in [5, 5.41) is 9.59. The smallest absolute Gasteiger partial charge is 0.356 e. The predicted molar refractivity (Wildman–Crippen MR) is 52.7 cm³/mol. The maximum atomic E-state index is 10.6. The topological polar surface area (TPSA) is 64.3 Å². The Balaban J connectivity index is 2.96. The van der Waals surface area contributed by atoms with Gasteiger partial charge in [-0.15, -0.1) is 0 Å². The fourth-order valence-corrected chi connectivity index (χ4v) is 1.67. The summed E-state index contributed by atoms with van der Waals surface area (Å²) in [6, 6.07) is 0. The third kappa shape index (κ3) is 2.41. The molecule has 0 aromatic carbocycles. The lowest BCUT2D eigenvalue weighted by molar-refractivity contribution is 0.0689. The number of carboxylic acids is 1. The van der Waals surface area contributed by atoms with E-state index in [-0.39, 0.29) is 5.69 Å². The average molecular weight is 216 g/mol. The van der Waals surface area contributed by atoms with Gasteiger partial charge in [0, 0.05) is 5.25 Å². The highest BCUT2D eigenvalue weighted by Gasteiger charge is 2.14. The molecule has 78 valence electrons. The summed E-state index contributed by atoms with van der Waals surface area (Å²) in [7, 11) is 1.47. The van der Waals surface area contributed by atoms with Crippen LogP contribution in [0.15, 0.2) is 11.4 Å². The third-order valence-electron chi connectivity index (χ3n) is 1.40. The van der Waals surface area contributed by atoms with Gasteiger partial charge in [-0.05, 0) is 0 Å². The van der Waals surface area contributed by atoms with Crippen molar-refractivity contribution >= 4 is 17.7 Å². The Bertz CT molecular complexity index is 335. The van der Waals surface area contributed by atoms with Crippen LogP contribution in [0.4, 0.5) is 0 Å². The molecule has 0 amide bonds. The molecule has 1 aromatic rings. The Morgan fingerprint density at radius 3 is 2.79 bits per heavy atom. The molecule has 0 aliphatic heterocycles. The van der Waals surface area contributed by atoms with E-state index < -0.39 is 5.97 Å². The molecule has 0 radical (unpaired) electrons. The SMILES string of the molecule is COn1cc(C(=O)O)nc1SC(C)C. The summed E-state index contributed by atoms with van der Waals surface area (Å²) in [6.07, 6.45) is 1.35. The molecule has 1 aromatic heterocycles. The van der Waals surface area contributed by atoms with Crippen LogP contribution < -0.4 is 4.84 Å². The summed E-state index contributed by atoms with van der Waals surface area (Å²) in [6.45, 7) is 4.00. The molecule has 0 fully saturated rings. The Morgan fingerprint density at radius 2 is 2.36 bits per heavy atom. The molecule has 14 heavy (non-hydrogen) atoms. The fourth-order valence-electron chi connectivity index (χ4n) is 0.870. The van der Waals surface area contributed by atoms with Crippen molar-refractivity contribution in [1.82, 2.24) is 9.71 Å². The monoisotopic (exact) mass is 216 g/mol. The van der Waals surface area contributed by atoms with Gasteiger partial charge in [0.15, 0.2) is 5.69 Å². The minimum absolute atomic E-state index is 0.00463. The number of nitrogens with zero attached hydrogens (tertiary/aromatic N) is 2. The number of imidazole rings is 1. The number of carboxylic acid groups (broad SMARTS) is 1. The van der Waals surface area contributed by atoms with Crippen molar-refractivity contribution in [3.8, 4) is 0 Å². The number of aromatic nitrogens is 2. The van der Waals surface area contributed by atoms with Gasteiger partial charge in [-0.25, -0.2) is 9.78 Å². The molecule has 1 heterocycles. The van der Waals surface area contributed by atoms with Gasteiger partial charge in [-0.3, -0.25) is 0 Å². The van der Waals surface area contributed by atoms with Gasteiger partial charge < -0.3 is 9.94 Å². The second-order valence-electron chi connectivity index (χ2n) is 2.89. The number of thioether (sulfide) groups is 1. The van der Waals surface area contributed by atoms with Gasteiger partial charge in [0.2, 0.25) is 5.16 Å². The van der Waals surface area contributed by atoms with Crippen LogP contribution in [0.25, 0.3) is 0 Å². The third-order valence-corrected chi connectivity index (χ3v) is 2.35. The van der Waals surface area contributed by atoms with E-state index in [9.17, 15) is 4.79 Å². The minimum atomic E-state index is -1.05. The predicted octanol–water partition coefficient (Wildman–Crippen LogP) is 1.14. The van der Waals surface area contributed by atoms with Gasteiger partial charge in [-0.1, -0.05) is 25.6 Å². The van der Waals surface area contributed by atoms with E-state index in [1.54, 1.807) is 0 Å². The van der Waals surface area contributed by atoms with Gasteiger partial charge in [0.25, 0.3) is 0 Å². The van der Waals surface area contributed by atoms with Crippen molar-refractivity contribution in [1.29, 1.82) is 0 Å². The maximum Gasteiger partial charge on any atom is 0.356 e. The Kier molecular flexibility index (Phi) is 3.40. The molecule has 0 saturated carbocycles. The number of carbonyl (C=O) groups is 1. The number of rotatable bonds is 4. The lowest BCUT2D eigenvalue weighted by atomic mass is 10.5. The summed E-state index contributed by atoms with van der Waals surface area (Å²) >= 11 is 1.45. The number of aromatic carboxylic acids is 1. The van der Waals surface area contributed by atoms with Crippen molar-refractivity contribution in [3.63, 3.8) is 0 Å². The van der Waals surface area contributed by atoms with Gasteiger partial charge >= 0.3 is 5.97 Å². The van der Waals surface area contributed by atoms with E-state index in [1.165, 1.54) is 29.8 Å².